The number of nitrogens with one attached hydrogen (secondary N) is 1. The van der Waals surface area contributed by atoms with Gasteiger partial charge in [-0.05, 0) is 56.8 Å². The summed E-state index contributed by atoms with van der Waals surface area (Å²) in [6.45, 7) is 5.66. The van der Waals surface area contributed by atoms with E-state index in [2.05, 4.69) is 31.3 Å². The van der Waals surface area contributed by atoms with Gasteiger partial charge in [0.25, 0.3) is 0 Å². The molecule has 1 saturated heterocycles. The minimum absolute atomic E-state index is 0.309. The minimum atomic E-state index is 0.309. The zero-order valence-electron chi connectivity index (χ0n) is 9.39. The summed E-state index contributed by atoms with van der Waals surface area (Å²) in [6, 6.07) is 8.21. The van der Waals surface area contributed by atoms with Crippen LogP contribution < -0.4 is 5.32 Å². The third-order valence-electron chi connectivity index (χ3n) is 3.08. The van der Waals surface area contributed by atoms with Crippen LogP contribution in [0.5, 0.6) is 0 Å². The Kier molecular flexibility index (Phi) is 3.03. The molecule has 0 aromatic heterocycles. The molecular formula is C13H18ClN. The van der Waals surface area contributed by atoms with Crippen LogP contribution in [0, 0.1) is 5.92 Å². The summed E-state index contributed by atoms with van der Waals surface area (Å²) < 4.78 is 0. The highest BCUT2D eigenvalue weighted by molar-refractivity contribution is 6.30. The van der Waals surface area contributed by atoms with Crippen LogP contribution in [0.3, 0.4) is 0 Å². The summed E-state index contributed by atoms with van der Waals surface area (Å²) >= 11 is 5.97. The van der Waals surface area contributed by atoms with Gasteiger partial charge in [-0.1, -0.05) is 23.7 Å². The van der Waals surface area contributed by atoms with Crippen molar-refractivity contribution in [3.63, 3.8) is 0 Å². The van der Waals surface area contributed by atoms with Crippen LogP contribution in [-0.2, 0) is 6.42 Å². The predicted molar refractivity (Wildman–Crippen MR) is 65.3 cm³/mol. The van der Waals surface area contributed by atoms with E-state index < -0.39 is 0 Å². The van der Waals surface area contributed by atoms with E-state index in [1.807, 2.05) is 12.1 Å². The number of benzene rings is 1. The Morgan fingerprint density at radius 3 is 2.87 bits per heavy atom. The second-order valence-corrected chi connectivity index (χ2v) is 5.61. The van der Waals surface area contributed by atoms with E-state index in [9.17, 15) is 0 Å². The lowest BCUT2D eigenvalue weighted by atomic mass is 9.92. The van der Waals surface area contributed by atoms with Crippen molar-refractivity contribution in [2.24, 2.45) is 5.92 Å². The summed E-state index contributed by atoms with van der Waals surface area (Å²) in [4.78, 5) is 0. The van der Waals surface area contributed by atoms with Crippen molar-refractivity contribution in [2.75, 3.05) is 6.54 Å². The first-order valence-corrected chi connectivity index (χ1v) is 5.92. The maximum absolute atomic E-state index is 5.97. The maximum Gasteiger partial charge on any atom is 0.0408 e. The van der Waals surface area contributed by atoms with Crippen molar-refractivity contribution in [3.8, 4) is 0 Å². The van der Waals surface area contributed by atoms with Gasteiger partial charge < -0.3 is 5.32 Å². The highest BCUT2D eigenvalue weighted by Gasteiger charge is 2.29. The average Bonchev–Trinajstić information content (AvgIpc) is 2.45. The number of hydrogen-bond donors (Lipinski definition) is 1. The number of hydrogen-bond acceptors (Lipinski definition) is 1. The highest BCUT2D eigenvalue weighted by atomic mass is 35.5. The van der Waals surface area contributed by atoms with Gasteiger partial charge in [-0.3, -0.25) is 0 Å². The van der Waals surface area contributed by atoms with Crippen molar-refractivity contribution in [3.05, 3.63) is 34.9 Å². The predicted octanol–water partition coefficient (Wildman–Crippen LogP) is 3.27. The van der Waals surface area contributed by atoms with Crippen LogP contribution in [0.2, 0.25) is 5.02 Å². The van der Waals surface area contributed by atoms with Gasteiger partial charge in [-0.25, -0.2) is 0 Å². The first-order valence-electron chi connectivity index (χ1n) is 5.55. The summed E-state index contributed by atoms with van der Waals surface area (Å²) in [5.41, 5.74) is 1.66. The van der Waals surface area contributed by atoms with Crippen LogP contribution in [0.25, 0.3) is 0 Å². The molecule has 1 aliphatic heterocycles. The second-order valence-electron chi connectivity index (χ2n) is 5.17. The number of rotatable bonds is 2. The fourth-order valence-electron chi connectivity index (χ4n) is 2.43. The van der Waals surface area contributed by atoms with Crippen LogP contribution in [-0.4, -0.2) is 12.1 Å². The molecule has 15 heavy (non-hydrogen) atoms. The molecule has 0 amide bonds. The first kappa shape index (κ1) is 11.0. The summed E-state index contributed by atoms with van der Waals surface area (Å²) in [5.74, 6) is 0.749. The third kappa shape index (κ3) is 2.96. The normalized spacial score (nSPS) is 24.3. The van der Waals surface area contributed by atoms with E-state index in [-0.39, 0.29) is 0 Å². The van der Waals surface area contributed by atoms with Crippen molar-refractivity contribution >= 4 is 11.6 Å². The monoisotopic (exact) mass is 223 g/mol. The van der Waals surface area contributed by atoms with Gasteiger partial charge in [0.1, 0.15) is 0 Å². The molecule has 1 unspecified atom stereocenters. The Labute approximate surface area is 96.8 Å². The highest BCUT2D eigenvalue weighted by Crippen LogP contribution is 2.26. The van der Waals surface area contributed by atoms with E-state index in [0.29, 0.717) is 5.54 Å². The molecule has 2 heteroatoms. The van der Waals surface area contributed by atoms with Crippen LogP contribution >= 0.6 is 11.6 Å². The Hall–Kier alpha value is -0.530. The molecule has 0 saturated carbocycles. The third-order valence-corrected chi connectivity index (χ3v) is 3.32. The topological polar surface area (TPSA) is 12.0 Å². The zero-order chi connectivity index (χ0) is 10.9. The molecule has 1 nitrogen and oxygen atoms in total. The van der Waals surface area contributed by atoms with Gasteiger partial charge >= 0.3 is 0 Å². The molecule has 2 rings (SSSR count). The molecule has 1 fully saturated rings. The van der Waals surface area contributed by atoms with Crippen molar-refractivity contribution in [1.29, 1.82) is 0 Å². The van der Waals surface area contributed by atoms with Gasteiger partial charge in [-0.2, -0.15) is 0 Å². The first-order chi connectivity index (χ1) is 7.05. The molecule has 0 aliphatic carbocycles. The molecule has 0 spiro atoms. The zero-order valence-corrected chi connectivity index (χ0v) is 10.1. The Bertz CT molecular complexity index is 346. The van der Waals surface area contributed by atoms with Crippen LogP contribution in [0.1, 0.15) is 25.8 Å². The van der Waals surface area contributed by atoms with E-state index in [4.69, 9.17) is 11.6 Å². The molecule has 1 aliphatic rings. The van der Waals surface area contributed by atoms with Gasteiger partial charge in [-0.15, -0.1) is 0 Å². The molecule has 0 radical (unpaired) electrons. The summed E-state index contributed by atoms with van der Waals surface area (Å²) in [6.07, 6.45) is 2.39. The Morgan fingerprint density at radius 1 is 1.47 bits per heavy atom. The number of halogens is 1. The van der Waals surface area contributed by atoms with Crippen LogP contribution in [0.15, 0.2) is 24.3 Å². The smallest absolute Gasteiger partial charge is 0.0408 e. The van der Waals surface area contributed by atoms with E-state index in [0.717, 1.165) is 23.9 Å². The Morgan fingerprint density at radius 2 is 2.27 bits per heavy atom. The molecule has 1 atom stereocenters. The fourth-order valence-corrected chi connectivity index (χ4v) is 2.64. The van der Waals surface area contributed by atoms with E-state index in [1.54, 1.807) is 0 Å². The molecule has 1 heterocycles. The van der Waals surface area contributed by atoms with Crippen LogP contribution in [0.4, 0.5) is 0 Å². The van der Waals surface area contributed by atoms with Crippen molar-refractivity contribution in [1.82, 2.24) is 5.32 Å². The minimum Gasteiger partial charge on any atom is -0.311 e. The summed E-state index contributed by atoms with van der Waals surface area (Å²) in [7, 11) is 0. The van der Waals surface area contributed by atoms with Gasteiger partial charge in [0.05, 0.1) is 0 Å². The van der Waals surface area contributed by atoms with Crippen molar-refractivity contribution < 1.29 is 0 Å². The van der Waals surface area contributed by atoms with E-state index in [1.165, 1.54) is 12.0 Å². The fraction of sp³-hybridized carbons (Fsp3) is 0.538. The van der Waals surface area contributed by atoms with Gasteiger partial charge in [0, 0.05) is 10.6 Å². The maximum atomic E-state index is 5.97. The molecule has 1 N–H and O–H groups in total. The lowest BCUT2D eigenvalue weighted by Gasteiger charge is -2.17. The lowest BCUT2D eigenvalue weighted by Crippen LogP contribution is -2.31. The van der Waals surface area contributed by atoms with Gasteiger partial charge in [0.15, 0.2) is 0 Å². The van der Waals surface area contributed by atoms with E-state index >= 15 is 0 Å². The molecule has 1 aromatic carbocycles. The molecule has 1 aromatic rings. The molecule has 0 bridgehead atoms. The van der Waals surface area contributed by atoms with Gasteiger partial charge in [0.2, 0.25) is 0 Å². The Balaban J connectivity index is 1.99. The lowest BCUT2D eigenvalue weighted by molar-refractivity contribution is 0.441. The standard InChI is InChI=1S/C13H18ClN/c1-13(2)8-11(9-15-13)6-10-4-3-5-12(14)7-10/h3-5,7,11,15H,6,8-9H2,1-2H3. The average molecular weight is 224 g/mol. The second kappa shape index (κ2) is 4.15. The quantitative estimate of drug-likeness (QED) is 0.812. The summed E-state index contributed by atoms with van der Waals surface area (Å²) in [5, 5.41) is 4.39. The molecular weight excluding hydrogens is 206 g/mol. The SMILES string of the molecule is CC1(C)CC(Cc2cccc(Cl)c2)CN1. The van der Waals surface area contributed by atoms with Crippen molar-refractivity contribution in [2.45, 2.75) is 32.2 Å². The molecule has 82 valence electrons. The largest absolute Gasteiger partial charge is 0.311 e.